The van der Waals surface area contributed by atoms with Crippen molar-refractivity contribution in [2.24, 2.45) is 5.92 Å². The van der Waals surface area contributed by atoms with Gasteiger partial charge in [-0.3, -0.25) is 9.59 Å². The zero-order valence-electron chi connectivity index (χ0n) is 19.7. The van der Waals surface area contributed by atoms with Crippen LogP contribution in [-0.4, -0.2) is 25.3 Å². The van der Waals surface area contributed by atoms with E-state index in [4.69, 9.17) is 4.74 Å². The molecule has 0 N–H and O–H groups in total. The van der Waals surface area contributed by atoms with E-state index < -0.39 is 35.7 Å². The predicted molar refractivity (Wildman–Crippen MR) is 133 cm³/mol. The van der Waals surface area contributed by atoms with Crippen molar-refractivity contribution in [2.75, 3.05) is 13.7 Å². The first kappa shape index (κ1) is 23.3. The standard InChI is InChI=1S/C30H26F2O3/c1-18-16-19-8-6-7-11-21(19)22-12-13-23-24(14-15-35-2)28(33)25(29(34)27(23)26(18)22)17-30(31,32)20-9-4-3-5-10-20/h3-13,16,24-25H,14-15,17H2,1-2H3. The van der Waals surface area contributed by atoms with Gasteiger partial charge < -0.3 is 4.74 Å². The van der Waals surface area contributed by atoms with E-state index in [1.165, 1.54) is 31.4 Å². The molecule has 4 aromatic rings. The van der Waals surface area contributed by atoms with Crippen LogP contribution in [-0.2, 0) is 15.5 Å². The van der Waals surface area contributed by atoms with Crippen LogP contribution in [0.5, 0.6) is 0 Å². The molecule has 0 spiro atoms. The van der Waals surface area contributed by atoms with E-state index in [0.717, 1.165) is 27.1 Å². The fourth-order valence-electron chi connectivity index (χ4n) is 5.46. The molecule has 178 valence electrons. The quantitative estimate of drug-likeness (QED) is 0.224. The zero-order chi connectivity index (χ0) is 24.7. The van der Waals surface area contributed by atoms with Gasteiger partial charge in [0.05, 0.1) is 5.92 Å². The molecule has 0 aromatic heterocycles. The summed E-state index contributed by atoms with van der Waals surface area (Å²) in [4.78, 5) is 27.4. The molecule has 2 unspecified atom stereocenters. The molecule has 5 heteroatoms. The minimum absolute atomic E-state index is 0.195. The lowest BCUT2D eigenvalue weighted by Gasteiger charge is -2.32. The Morgan fingerprint density at radius 3 is 2.34 bits per heavy atom. The molecule has 0 fully saturated rings. The van der Waals surface area contributed by atoms with Gasteiger partial charge in [-0.05, 0) is 46.0 Å². The second kappa shape index (κ2) is 8.97. The van der Waals surface area contributed by atoms with Gasteiger partial charge in [0, 0.05) is 37.2 Å². The molecular formula is C30H26F2O3. The van der Waals surface area contributed by atoms with Gasteiger partial charge in [-0.15, -0.1) is 0 Å². The minimum Gasteiger partial charge on any atom is -0.385 e. The molecule has 1 aliphatic carbocycles. The SMILES string of the molecule is COCCC1C(=O)C(CC(F)(F)c2ccccc2)C(=O)c2c1ccc1c2c(C)cc2ccccc21. The highest BCUT2D eigenvalue weighted by Gasteiger charge is 2.47. The highest BCUT2D eigenvalue weighted by atomic mass is 19.3. The number of fused-ring (bicyclic) bond motifs is 5. The van der Waals surface area contributed by atoms with Crippen molar-refractivity contribution in [3.63, 3.8) is 0 Å². The average molecular weight is 473 g/mol. The van der Waals surface area contributed by atoms with Crippen molar-refractivity contribution >= 4 is 33.1 Å². The molecule has 0 radical (unpaired) electrons. The molecule has 0 saturated carbocycles. The van der Waals surface area contributed by atoms with Crippen molar-refractivity contribution in [3.8, 4) is 0 Å². The van der Waals surface area contributed by atoms with Gasteiger partial charge in [-0.2, -0.15) is 0 Å². The summed E-state index contributed by atoms with van der Waals surface area (Å²) < 4.78 is 35.9. The lowest BCUT2D eigenvalue weighted by atomic mass is 9.69. The van der Waals surface area contributed by atoms with E-state index in [1.807, 2.05) is 49.4 Å². The number of alkyl halides is 2. The topological polar surface area (TPSA) is 43.4 Å². The lowest BCUT2D eigenvalue weighted by Crippen LogP contribution is -2.39. The number of hydrogen-bond donors (Lipinski definition) is 0. The fraction of sp³-hybridized carbons (Fsp3) is 0.267. The number of aryl methyl sites for hydroxylation is 1. The molecule has 0 heterocycles. The van der Waals surface area contributed by atoms with Crippen LogP contribution in [0, 0.1) is 12.8 Å². The zero-order valence-corrected chi connectivity index (χ0v) is 19.7. The van der Waals surface area contributed by atoms with Gasteiger partial charge >= 0.3 is 0 Å². The molecule has 0 saturated heterocycles. The first-order valence-corrected chi connectivity index (χ1v) is 11.8. The van der Waals surface area contributed by atoms with E-state index >= 15 is 8.78 Å². The number of rotatable bonds is 6. The first-order chi connectivity index (χ1) is 16.8. The number of carbonyl (C=O) groups excluding carboxylic acids is 2. The molecule has 0 amide bonds. The lowest BCUT2D eigenvalue weighted by molar-refractivity contribution is -0.127. The van der Waals surface area contributed by atoms with Crippen molar-refractivity contribution in [2.45, 2.75) is 31.6 Å². The first-order valence-electron chi connectivity index (χ1n) is 11.8. The van der Waals surface area contributed by atoms with E-state index in [9.17, 15) is 9.59 Å². The molecule has 1 aliphatic rings. The Morgan fingerprint density at radius 2 is 1.60 bits per heavy atom. The maximum atomic E-state index is 15.3. The number of Topliss-reactive ketones (excluding diaryl/α,β-unsaturated/α-hetero) is 2. The van der Waals surface area contributed by atoms with Gasteiger partial charge in [0.15, 0.2) is 11.6 Å². The normalized spacial score (nSPS) is 18.3. The number of halogens is 2. The molecular weight excluding hydrogens is 446 g/mol. The van der Waals surface area contributed by atoms with Crippen molar-refractivity contribution < 1.29 is 23.1 Å². The van der Waals surface area contributed by atoms with E-state index in [0.29, 0.717) is 24.2 Å². The van der Waals surface area contributed by atoms with Crippen LogP contribution in [0.3, 0.4) is 0 Å². The van der Waals surface area contributed by atoms with Crippen LogP contribution in [0.1, 0.15) is 45.8 Å². The Morgan fingerprint density at radius 1 is 0.886 bits per heavy atom. The number of ketones is 2. The number of methoxy groups -OCH3 is 1. The Kier molecular flexibility index (Phi) is 5.97. The van der Waals surface area contributed by atoms with Crippen molar-refractivity contribution in [1.29, 1.82) is 0 Å². The van der Waals surface area contributed by atoms with Crippen LogP contribution >= 0.6 is 0 Å². The number of ether oxygens (including phenoxy) is 1. The van der Waals surface area contributed by atoms with E-state index in [1.54, 1.807) is 6.07 Å². The van der Waals surface area contributed by atoms with Gasteiger partial charge in [-0.1, -0.05) is 72.8 Å². The number of carbonyl (C=O) groups is 2. The summed E-state index contributed by atoms with van der Waals surface area (Å²) in [6, 6.07) is 21.1. The Bertz CT molecular complexity index is 1440. The van der Waals surface area contributed by atoms with Gasteiger partial charge in [0.2, 0.25) is 0 Å². The highest BCUT2D eigenvalue weighted by molar-refractivity contribution is 6.25. The second-order valence-electron chi connectivity index (χ2n) is 9.29. The van der Waals surface area contributed by atoms with Crippen LogP contribution in [0.4, 0.5) is 8.78 Å². The predicted octanol–water partition coefficient (Wildman–Crippen LogP) is 6.99. The number of hydrogen-bond acceptors (Lipinski definition) is 3. The Labute approximate surface area is 202 Å². The number of benzene rings is 4. The van der Waals surface area contributed by atoms with Crippen LogP contribution in [0.25, 0.3) is 21.5 Å². The van der Waals surface area contributed by atoms with Gasteiger partial charge in [0.25, 0.3) is 5.92 Å². The van der Waals surface area contributed by atoms with Gasteiger partial charge in [0.1, 0.15) is 0 Å². The van der Waals surface area contributed by atoms with Crippen LogP contribution < -0.4 is 0 Å². The molecule has 35 heavy (non-hydrogen) atoms. The summed E-state index contributed by atoms with van der Waals surface area (Å²) in [6.45, 7) is 2.22. The summed E-state index contributed by atoms with van der Waals surface area (Å²) in [7, 11) is 1.54. The summed E-state index contributed by atoms with van der Waals surface area (Å²) in [6.07, 6.45) is -0.512. The van der Waals surface area contributed by atoms with Crippen molar-refractivity contribution in [1.82, 2.24) is 0 Å². The van der Waals surface area contributed by atoms with Crippen molar-refractivity contribution in [3.05, 3.63) is 95.1 Å². The largest absolute Gasteiger partial charge is 0.385 e. The third kappa shape index (κ3) is 3.94. The average Bonchev–Trinajstić information content (AvgIpc) is 2.86. The third-order valence-electron chi connectivity index (χ3n) is 7.15. The summed E-state index contributed by atoms with van der Waals surface area (Å²) in [5, 5.41) is 3.66. The monoisotopic (exact) mass is 472 g/mol. The Balaban J connectivity index is 1.70. The molecule has 3 nitrogen and oxygen atoms in total. The molecule has 5 rings (SSSR count). The van der Waals surface area contributed by atoms with Crippen LogP contribution in [0.15, 0.2) is 72.8 Å². The second-order valence-corrected chi connectivity index (χ2v) is 9.29. The molecule has 0 aliphatic heterocycles. The molecule has 2 atom stereocenters. The Hall–Kier alpha value is -3.44. The smallest absolute Gasteiger partial charge is 0.274 e. The highest BCUT2D eigenvalue weighted by Crippen LogP contribution is 2.45. The molecule has 0 bridgehead atoms. The summed E-state index contributed by atoms with van der Waals surface area (Å²) in [5.41, 5.74) is 1.71. The van der Waals surface area contributed by atoms with Gasteiger partial charge in [-0.25, -0.2) is 8.78 Å². The fourth-order valence-corrected chi connectivity index (χ4v) is 5.46. The van der Waals surface area contributed by atoms with Crippen LogP contribution in [0.2, 0.25) is 0 Å². The maximum absolute atomic E-state index is 15.3. The van der Waals surface area contributed by atoms with E-state index in [-0.39, 0.29) is 5.56 Å². The van der Waals surface area contributed by atoms with E-state index in [2.05, 4.69) is 0 Å². The summed E-state index contributed by atoms with van der Waals surface area (Å²) in [5.74, 6) is -6.37. The summed E-state index contributed by atoms with van der Waals surface area (Å²) >= 11 is 0. The maximum Gasteiger partial charge on any atom is 0.274 e. The minimum atomic E-state index is -3.31. The molecule has 4 aromatic carbocycles. The third-order valence-corrected chi connectivity index (χ3v) is 7.15.